The van der Waals surface area contributed by atoms with Crippen molar-refractivity contribution in [3.63, 3.8) is 0 Å². The van der Waals surface area contributed by atoms with E-state index in [1.807, 2.05) is 0 Å². The lowest BCUT2D eigenvalue weighted by molar-refractivity contribution is -0.165. The second-order valence-electron chi connectivity index (χ2n) is 2.86. The van der Waals surface area contributed by atoms with Gasteiger partial charge in [-0.15, -0.1) is 0 Å². The van der Waals surface area contributed by atoms with Crippen molar-refractivity contribution < 1.29 is 27.4 Å². The van der Waals surface area contributed by atoms with Gasteiger partial charge in [0.2, 0.25) is 0 Å². The molecule has 0 aromatic heterocycles. The Balaban J connectivity index is 3.53. The summed E-state index contributed by atoms with van der Waals surface area (Å²) in [6, 6.07) is 0. The van der Waals surface area contributed by atoms with Crippen molar-refractivity contribution in [1.29, 1.82) is 0 Å². The van der Waals surface area contributed by atoms with Gasteiger partial charge in [-0.3, -0.25) is 0 Å². The molecule has 13 heavy (non-hydrogen) atoms. The van der Waals surface area contributed by atoms with E-state index in [2.05, 4.69) is 9.47 Å². The number of halogens is 3. The van der Waals surface area contributed by atoms with Crippen molar-refractivity contribution in [2.24, 2.45) is 5.92 Å². The summed E-state index contributed by atoms with van der Waals surface area (Å²) in [5.41, 5.74) is 0. The van der Waals surface area contributed by atoms with Crippen molar-refractivity contribution in [1.82, 2.24) is 0 Å². The highest BCUT2D eigenvalue weighted by atomic mass is 19.4. The Labute approximate surface area is 73.8 Å². The maximum absolute atomic E-state index is 11.5. The standard InChI is InChI=1S/C7H11F3O3/c1-5(2)3-12-6(11)13-4-7(8,9)10/h5H,3-4H2,1-2H3. The molecule has 0 heterocycles. The minimum atomic E-state index is -4.50. The summed E-state index contributed by atoms with van der Waals surface area (Å²) in [7, 11) is 0. The quantitative estimate of drug-likeness (QED) is 0.656. The third-order valence-electron chi connectivity index (χ3n) is 0.888. The first kappa shape index (κ1) is 12.1. The van der Waals surface area contributed by atoms with E-state index >= 15 is 0 Å². The van der Waals surface area contributed by atoms with Crippen molar-refractivity contribution in [2.75, 3.05) is 13.2 Å². The molecule has 0 aliphatic rings. The first-order chi connectivity index (χ1) is 5.81. The zero-order valence-electron chi connectivity index (χ0n) is 7.35. The summed E-state index contributed by atoms with van der Waals surface area (Å²) >= 11 is 0. The van der Waals surface area contributed by atoms with E-state index in [-0.39, 0.29) is 12.5 Å². The van der Waals surface area contributed by atoms with E-state index in [1.165, 1.54) is 0 Å². The van der Waals surface area contributed by atoms with E-state index in [0.29, 0.717) is 0 Å². The van der Waals surface area contributed by atoms with E-state index in [1.54, 1.807) is 13.8 Å². The average molecular weight is 200 g/mol. The molecule has 78 valence electrons. The summed E-state index contributed by atoms with van der Waals surface area (Å²) in [4.78, 5) is 10.4. The third kappa shape index (κ3) is 8.97. The van der Waals surface area contributed by atoms with Crippen LogP contribution in [0.1, 0.15) is 13.8 Å². The molecule has 0 spiro atoms. The molecular weight excluding hydrogens is 189 g/mol. The smallest absolute Gasteiger partial charge is 0.434 e. The summed E-state index contributed by atoms with van der Waals surface area (Å²) in [5, 5.41) is 0. The zero-order valence-corrected chi connectivity index (χ0v) is 7.35. The van der Waals surface area contributed by atoms with Crippen LogP contribution in [0.3, 0.4) is 0 Å². The number of carbonyl (C=O) groups excluding carboxylic acids is 1. The van der Waals surface area contributed by atoms with Crippen molar-refractivity contribution >= 4 is 6.16 Å². The van der Waals surface area contributed by atoms with Crippen LogP contribution in [0.25, 0.3) is 0 Å². The Hall–Kier alpha value is -0.940. The molecule has 0 bridgehead atoms. The van der Waals surface area contributed by atoms with Crippen molar-refractivity contribution in [2.45, 2.75) is 20.0 Å². The van der Waals surface area contributed by atoms with Gasteiger partial charge in [0.05, 0.1) is 6.61 Å². The zero-order chi connectivity index (χ0) is 10.5. The van der Waals surface area contributed by atoms with Gasteiger partial charge in [0.15, 0.2) is 6.61 Å². The highest BCUT2D eigenvalue weighted by Gasteiger charge is 2.29. The fourth-order valence-corrected chi connectivity index (χ4v) is 0.417. The molecule has 6 heteroatoms. The number of hydrogen-bond donors (Lipinski definition) is 0. The Bertz CT molecular complexity index is 165. The normalized spacial score (nSPS) is 11.5. The molecule has 0 N–H and O–H groups in total. The fraction of sp³-hybridized carbons (Fsp3) is 0.857. The molecular formula is C7H11F3O3. The summed E-state index contributed by atoms with van der Waals surface area (Å²) < 4.78 is 42.6. The number of alkyl halides is 3. The van der Waals surface area contributed by atoms with Crippen molar-refractivity contribution in [3.8, 4) is 0 Å². The van der Waals surface area contributed by atoms with Crippen LogP contribution in [0, 0.1) is 5.92 Å². The first-order valence-corrected chi connectivity index (χ1v) is 3.67. The molecule has 0 unspecified atom stereocenters. The van der Waals surface area contributed by atoms with Gasteiger partial charge < -0.3 is 9.47 Å². The molecule has 0 amide bonds. The Morgan fingerprint density at radius 3 is 2.23 bits per heavy atom. The fourth-order valence-electron chi connectivity index (χ4n) is 0.417. The van der Waals surface area contributed by atoms with E-state index in [0.717, 1.165) is 0 Å². The molecule has 0 aromatic carbocycles. The molecule has 0 atom stereocenters. The molecule has 0 aliphatic heterocycles. The van der Waals surface area contributed by atoms with Crippen LogP contribution in [0.4, 0.5) is 18.0 Å². The number of ether oxygens (including phenoxy) is 2. The molecule has 0 aliphatic carbocycles. The Morgan fingerprint density at radius 2 is 1.85 bits per heavy atom. The highest BCUT2D eigenvalue weighted by Crippen LogP contribution is 2.14. The molecule has 0 aromatic rings. The van der Waals surface area contributed by atoms with Gasteiger partial charge in [-0.05, 0) is 5.92 Å². The van der Waals surface area contributed by atoms with Gasteiger partial charge >= 0.3 is 12.3 Å². The number of rotatable bonds is 3. The number of carbonyl (C=O) groups is 1. The van der Waals surface area contributed by atoms with Gasteiger partial charge in [0.25, 0.3) is 0 Å². The van der Waals surface area contributed by atoms with Crippen molar-refractivity contribution in [3.05, 3.63) is 0 Å². The predicted molar refractivity (Wildman–Crippen MR) is 38.2 cm³/mol. The molecule has 0 saturated heterocycles. The highest BCUT2D eigenvalue weighted by molar-refractivity contribution is 5.59. The van der Waals surface area contributed by atoms with Gasteiger partial charge in [-0.25, -0.2) is 4.79 Å². The minimum Gasteiger partial charge on any atom is -0.434 e. The maximum Gasteiger partial charge on any atom is 0.508 e. The van der Waals surface area contributed by atoms with Gasteiger partial charge in [0.1, 0.15) is 0 Å². The molecule has 0 radical (unpaired) electrons. The van der Waals surface area contributed by atoms with Gasteiger partial charge in [-0.2, -0.15) is 13.2 Å². The molecule has 3 nitrogen and oxygen atoms in total. The average Bonchev–Trinajstić information content (AvgIpc) is 1.95. The van der Waals surface area contributed by atoms with Crippen LogP contribution >= 0.6 is 0 Å². The lowest BCUT2D eigenvalue weighted by atomic mass is 10.2. The second kappa shape index (κ2) is 4.94. The summed E-state index contributed by atoms with van der Waals surface area (Å²) in [6.07, 6.45) is -5.79. The largest absolute Gasteiger partial charge is 0.508 e. The van der Waals surface area contributed by atoms with E-state index < -0.39 is 18.9 Å². The van der Waals surface area contributed by atoms with Crippen LogP contribution in [0.5, 0.6) is 0 Å². The second-order valence-corrected chi connectivity index (χ2v) is 2.86. The number of hydrogen-bond acceptors (Lipinski definition) is 3. The van der Waals surface area contributed by atoms with Gasteiger partial charge in [0, 0.05) is 0 Å². The molecule has 0 saturated carbocycles. The van der Waals surface area contributed by atoms with E-state index in [4.69, 9.17) is 0 Å². The van der Waals surface area contributed by atoms with Crippen LogP contribution in [-0.4, -0.2) is 25.5 Å². The summed E-state index contributed by atoms with van der Waals surface area (Å²) in [6.45, 7) is 1.97. The van der Waals surface area contributed by atoms with E-state index in [9.17, 15) is 18.0 Å². The first-order valence-electron chi connectivity index (χ1n) is 3.67. The lowest BCUT2D eigenvalue weighted by Crippen LogP contribution is -2.21. The van der Waals surface area contributed by atoms with Crippen LogP contribution < -0.4 is 0 Å². The lowest BCUT2D eigenvalue weighted by Gasteiger charge is -2.09. The van der Waals surface area contributed by atoms with Gasteiger partial charge in [-0.1, -0.05) is 13.8 Å². The van der Waals surface area contributed by atoms with Crippen LogP contribution in [0.15, 0.2) is 0 Å². The summed E-state index contributed by atoms with van der Waals surface area (Å²) in [5.74, 6) is 0.0680. The maximum atomic E-state index is 11.5. The van der Waals surface area contributed by atoms with Crippen LogP contribution in [0.2, 0.25) is 0 Å². The van der Waals surface area contributed by atoms with Crippen LogP contribution in [-0.2, 0) is 9.47 Å². The minimum absolute atomic E-state index is 0.0523. The SMILES string of the molecule is CC(C)COC(=O)OCC(F)(F)F. The topological polar surface area (TPSA) is 35.5 Å². The third-order valence-corrected chi connectivity index (χ3v) is 0.888. The monoisotopic (exact) mass is 200 g/mol. The Kier molecular flexibility index (Phi) is 4.58. The molecule has 0 rings (SSSR count). The Morgan fingerprint density at radius 1 is 1.31 bits per heavy atom. The predicted octanol–water partition coefficient (Wildman–Crippen LogP) is 2.36. The molecule has 0 fully saturated rings.